The van der Waals surface area contributed by atoms with Crippen LogP contribution in [0.1, 0.15) is 0 Å². The van der Waals surface area contributed by atoms with Gasteiger partial charge in [0.25, 0.3) is 0 Å². The molecular weight excluding hydrogens is 715 g/mol. The summed E-state index contributed by atoms with van der Waals surface area (Å²) in [5.74, 6) is 4.57. The summed E-state index contributed by atoms with van der Waals surface area (Å²) in [4.78, 5) is 6.69. The van der Waals surface area contributed by atoms with Crippen molar-refractivity contribution < 1.29 is 28.4 Å². The molecule has 0 aliphatic heterocycles. The SMILES string of the molecule is COc1ccc([N+](c2ccc(OC)cc2)c2cc([N+](c3ccc(OC)cc3)c3ccc(OC)cc3)cc([N+](c3ccc(OC)cc3)c3ccc(OC)cc3)c2)cc1. The van der Waals surface area contributed by atoms with Gasteiger partial charge >= 0.3 is 0 Å². The number of hydrogen-bond donors (Lipinski definition) is 0. The van der Waals surface area contributed by atoms with E-state index in [4.69, 9.17) is 28.4 Å². The summed E-state index contributed by atoms with van der Waals surface area (Å²) in [6.07, 6.45) is 0. The highest BCUT2D eigenvalue weighted by molar-refractivity contribution is 5.79. The Balaban J connectivity index is 1.53. The molecule has 0 N–H and O–H groups in total. The number of nitrogens with zero attached hydrogens (tertiary/aromatic N) is 3. The lowest BCUT2D eigenvalue weighted by Crippen LogP contribution is -2.17. The van der Waals surface area contributed by atoms with Gasteiger partial charge in [-0.15, -0.1) is 0 Å². The third kappa shape index (κ3) is 8.56. The Kier molecular flexibility index (Phi) is 12.0. The van der Waals surface area contributed by atoms with E-state index in [1.54, 1.807) is 42.7 Å². The summed E-state index contributed by atoms with van der Waals surface area (Å²) in [5, 5.41) is 0. The van der Waals surface area contributed by atoms with Crippen LogP contribution < -0.4 is 43.1 Å². The zero-order valence-corrected chi connectivity index (χ0v) is 32.9. The van der Waals surface area contributed by atoms with Crippen LogP contribution in [-0.2, 0) is 0 Å². The summed E-state index contributed by atoms with van der Waals surface area (Å²) >= 11 is 0. The fraction of sp³-hybridized carbons (Fsp3) is 0.125. The van der Waals surface area contributed by atoms with Crippen LogP contribution in [0.2, 0.25) is 0 Å². The van der Waals surface area contributed by atoms with Crippen LogP contribution >= 0.6 is 0 Å². The Morgan fingerprint density at radius 3 is 0.474 bits per heavy atom. The maximum Gasteiger partial charge on any atom is 0.204 e. The lowest BCUT2D eigenvalue weighted by atomic mass is 10.1. The molecule has 7 aromatic carbocycles. The van der Waals surface area contributed by atoms with Crippen molar-refractivity contribution in [1.82, 2.24) is 14.7 Å². The van der Waals surface area contributed by atoms with Crippen LogP contribution in [0.25, 0.3) is 0 Å². The Morgan fingerprint density at radius 2 is 0.351 bits per heavy atom. The number of benzene rings is 7. The number of hydrogen-bond acceptors (Lipinski definition) is 9. The van der Waals surface area contributed by atoms with E-state index in [2.05, 4.69) is 106 Å². The maximum atomic E-state index is 5.57. The van der Waals surface area contributed by atoms with Gasteiger partial charge in [-0.25, -0.2) is 0 Å². The van der Waals surface area contributed by atoms with Gasteiger partial charge in [-0.05, 0) is 72.8 Å². The molecule has 0 aromatic heterocycles. The van der Waals surface area contributed by atoms with Gasteiger partial charge in [-0.1, -0.05) is 14.7 Å². The molecule has 0 atom stereocenters. The predicted octanol–water partition coefficient (Wildman–Crippen LogP) is 12.0. The minimum absolute atomic E-state index is 0.762. The molecule has 57 heavy (non-hydrogen) atoms. The van der Waals surface area contributed by atoms with Gasteiger partial charge in [-0.2, -0.15) is 0 Å². The Hall–Kier alpha value is -6.78. The van der Waals surface area contributed by atoms with Gasteiger partial charge in [0.15, 0.2) is 34.1 Å². The first-order valence-corrected chi connectivity index (χ1v) is 18.3. The summed E-state index contributed by atoms with van der Waals surface area (Å²) in [6.45, 7) is 0. The van der Waals surface area contributed by atoms with E-state index in [9.17, 15) is 0 Å². The average molecular weight is 760 g/mol. The van der Waals surface area contributed by atoms with Crippen molar-refractivity contribution >= 4 is 51.2 Å². The quantitative estimate of drug-likeness (QED) is 0.0969. The molecule has 0 bridgehead atoms. The smallest absolute Gasteiger partial charge is 0.204 e. The molecule has 285 valence electrons. The van der Waals surface area contributed by atoms with Gasteiger partial charge < -0.3 is 28.4 Å². The first-order valence-electron chi connectivity index (χ1n) is 18.3. The topological polar surface area (TPSA) is 73.1 Å². The van der Waals surface area contributed by atoms with E-state index in [1.165, 1.54) is 0 Å². The van der Waals surface area contributed by atoms with Crippen molar-refractivity contribution in [3.63, 3.8) is 0 Å². The molecule has 0 amide bonds. The van der Waals surface area contributed by atoms with E-state index in [0.29, 0.717) is 0 Å². The second-order valence-corrected chi connectivity index (χ2v) is 12.9. The lowest BCUT2D eigenvalue weighted by molar-refractivity contribution is 0.414. The first-order chi connectivity index (χ1) is 27.9. The number of anilines is 9. The lowest BCUT2D eigenvalue weighted by Gasteiger charge is -2.17. The van der Waals surface area contributed by atoms with Crippen LogP contribution in [0.3, 0.4) is 0 Å². The molecule has 3 radical (unpaired) electrons. The second-order valence-electron chi connectivity index (χ2n) is 12.9. The summed E-state index contributed by atoms with van der Waals surface area (Å²) < 4.78 is 33.4. The molecule has 9 nitrogen and oxygen atoms in total. The van der Waals surface area contributed by atoms with E-state index < -0.39 is 0 Å². The van der Waals surface area contributed by atoms with Crippen LogP contribution in [0, 0.1) is 0 Å². The van der Waals surface area contributed by atoms with Crippen molar-refractivity contribution in [1.29, 1.82) is 0 Å². The molecule has 0 fully saturated rings. The van der Waals surface area contributed by atoms with E-state index >= 15 is 0 Å². The fourth-order valence-electron chi connectivity index (χ4n) is 6.70. The molecule has 0 unspecified atom stereocenters. The number of rotatable bonds is 15. The van der Waals surface area contributed by atoms with Crippen molar-refractivity contribution in [3.05, 3.63) is 164 Å². The fourth-order valence-corrected chi connectivity index (χ4v) is 6.70. The summed E-state index contributed by atoms with van der Waals surface area (Å²) in [5.41, 5.74) is 8.31. The normalized spacial score (nSPS) is 11.1. The molecule has 0 heterocycles. The van der Waals surface area contributed by atoms with Crippen molar-refractivity contribution in [2.45, 2.75) is 0 Å². The largest absolute Gasteiger partial charge is 0.497 e. The van der Waals surface area contributed by atoms with Gasteiger partial charge in [0, 0.05) is 72.8 Å². The molecule has 7 aromatic rings. The van der Waals surface area contributed by atoms with Crippen molar-refractivity contribution in [2.75, 3.05) is 42.7 Å². The molecular formula is C48H45N3O6+3. The van der Waals surface area contributed by atoms with Crippen LogP contribution in [0.5, 0.6) is 34.5 Å². The predicted molar refractivity (Wildman–Crippen MR) is 228 cm³/mol. The third-order valence-corrected chi connectivity index (χ3v) is 9.65. The molecule has 0 aliphatic rings. The van der Waals surface area contributed by atoms with Crippen LogP contribution in [0.15, 0.2) is 164 Å². The summed E-state index contributed by atoms with van der Waals surface area (Å²) in [6, 6.07) is 55.0. The molecule has 7 rings (SSSR count). The Labute approximate surface area is 334 Å². The molecule has 9 heteroatoms. The van der Waals surface area contributed by atoms with Crippen molar-refractivity contribution in [3.8, 4) is 34.5 Å². The van der Waals surface area contributed by atoms with Gasteiger partial charge in [-0.3, -0.25) is 0 Å². The monoisotopic (exact) mass is 759 g/mol. The zero-order chi connectivity index (χ0) is 39.7. The van der Waals surface area contributed by atoms with Gasteiger partial charge in [0.1, 0.15) is 34.5 Å². The summed E-state index contributed by atoms with van der Waals surface area (Å²) in [7, 11) is 10.0. The van der Waals surface area contributed by atoms with Crippen LogP contribution in [-0.4, -0.2) is 42.7 Å². The van der Waals surface area contributed by atoms with E-state index in [-0.39, 0.29) is 0 Å². The highest BCUT2D eigenvalue weighted by atomic mass is 16.5. The number of methoxy groups -OCH3 is 6. The minimum Gasteiger partial charge on any atom is -0.497 e. The van der Waals surface area contributed by atoms with E-state index in [1.807, 2.05) is 72.8 Å². The van der Waals surface area contributed by atoms with Gasteiger partial charge in [0.2, 0.25) is 17.1 Å². The number of ether oxygens (including phenoxy) is 6. The zero-order valence-electron chi connectivity index (χ0n) is 32.9. The molecule has 0 saturated heterocycles. The van der Waals surface area contributed by atoms with Gasteiger partial charge in [0.05, 0.1) is 60.9 Å². The standard InChI is InChI=1S/C48H45N3O6/c1-52-43-19-7-34(8-20-43)49(35-9-21-44(53-2)22-10-35)40-31-41(50(36-11-23-45(54-3)24-12-36)37-13-25-46(55-4)26-14-37)33-42(32-40)51(38-15-27-47(56-5)28-16-38)39-17-29-48(57-6)30-18-39/h7-33H,1-6H3/q+3. The highest BCUT2D eigenvalue weighted by Gasteiger charge is 2.37. The van der Waals surface area contributed by atoms with E-state index in [0.717, 1.165) is 85.7 Å². The molecule has 0 spiro atoms. The Morgan fingerprint density at radius 1 is 0.211 bits per heavy atom. The maximum absolute atomic E-state index is 5.57. The second kappa shape index (κ2) is 17.8. The minimum atomic E-state index is 0.762. The Bertz CT molecular complexity index is 1930. The van der Waals surface area contributed by atoms with Crippen molar-refractivity contribution in [2.24, 2.45) is 0 Å². The average Bonchev–Trinajstić information content (AvgIpc) is 3.28. The van der Waals surface area contributed by atoms with Crippen LogP contribution in [0.4, 0.5) is 51.2 Å². The highest BCUT2D eigenvalue weighted by Crippen LogP contribution is 2.46. The molecule has 0 saturated carbocycles. The third-order valence-electron chi connectivity index (χ3n) is 9.65. The first kappa shape index (κ1) is 38.5. The molecule has 0 aliphatic carbocycles.